The van der Waals surface area contributed by atoms with Crippen LogP contribution >= 0.6 is 0 Å². The SMILES string of the molecule is CCCC1C(=O)N(C2CCCCC2)C(=NC2CCCCC2)N1[C@@H](C)C(=O)N1[C@H](C(=O)O)C[C@@H]2CCCC[C@@H]21.CCCC1C(=O)N(C2CCCCC2)C(=O)N1[C@@H](C)C(=O)N1[C@H](C(C)=O)C[C@@H]2CCCC[C@@H]21. The van der Waals surface area contributed by atoms with E-state index < -0.39 is 42.2 Å². The van der Waals surface area contributed by atoms with Gasteiger partial charge in [0.25, 0.3) is 11.8 Å². The van der Waals surface area contributed by atoms with Crippen LogP contribution in [0.3, 0.4) is 0 Å². The van der Waals surface area contributed by atoms with E-state index in [1.165, 1.54) is 17.7 Å². The molecule has 9 fully saturated rings. The maximum atomic E-state index is 14.3. The molecule has 70 heavy (non-hydrogen) atoms. The third-order valence-corrected chi connectivity index (χ3v) is 18.5. The van der Waals surface area contributed by atoms with E-state index in [0.717, 1.165) is 154 Å². The number of carboxylic acids is 1. The fraction of sp³-hybridized carbons (Fsp3) is 0.855. The second-order valence-electron chi connectivity index (χ2n) is 22.9. The van der Waals surface area contributed by atoms with Crippen molar-refractivity contribution in [1.29, 1.82) is 0 Å². The van der Waals surface area contributed by atoms with Gasteiger partial charge in [-0.2, -0.15) is 0 Å². The molecule has 5 aliphatic carbocycles. The number of imide groups is 1. The number of hydrogen-bond donors (Lipinski definition) is 1. The summed E-state index contributed by atoms with van der Waals surface area (Å²) in [5, 5.41) is 10.1. The van der Waals surface area contributed by atoms with Gasteiger partial charge in [0.05, 0.1) is 12.1 Å². The summed E-state index contributed by atoms with van der Waals surface area (Å²) in [4.78, 5) is 110. The Balaban J connectivity index is 0.000000191. The molecule has 4 saturated heterocycles. The Morgan fingerprint density at radius 2 is 0.971 bits per heavy atom. The van der Waals surface area contributed by atoms with Gasteiger partial charge in [0.1, 0.15) is 30.2 Å². The fourth-order valence-corrected chi connectivity index (χ4v) is 14.9. The van der Waals surface area contributed by atoms with Crippen LogP contribution in [0.5, 0.6) is 0 Å². The van der Waals surface area contributed by atoms with Gasteiger partial charge >= 0.3 is 12.0 Å². The predicted molar refractivity (Wildman–Crippen MR) is 267 cm³/mol. The van der Waals surface area contributed by atoms with Gasteiger partial charge in [-0.15, -0.1) is 0 Å². The van der Waals surface area contributed by atoms with Crippen LogP contribution in [0, 0.1) is 11.8 Å². The van der Waals surface area contributed by atoms with E-state index >= 15 is 0 Å². The van der Waals surface area contributed by atoms with E-state index in [9.17, 15) is 38.7 Å². The Bertz CT molecular complexity index is 1940. The zero-order valence-corrected chi connectivity index (χ0v) is 43.4. The summed E-state index contributed by atoms with van der Waals surface area (Å²) in [6.45, 7) is 9.32. The van der Waals surface area contributed by atoms with Crippen LogP contribution in [0.2, 0.25) is 0 Å². The lowest BCUT2D eigenvalue weighted by Crippen LogP contribution is -2.56. The summed E-state index contributed by atoms with van der Waals surface area (Å²) in [7, 11) is 0. The first-order valence-corrected chi connectivity index (χ1v) is 28.5. The van der Waals surface area contributed by atoms with Gasteiger partial charge in [-0.3, -0.25) is 33.8 Å². The summed E-state index contributed by atoms with van der Waals surface area (Å²) in [6.07, 6.45) is 28.3. The van der Waals surface area contributed by atoms with Crippen LogP contribution in [-0.2, 0) is 28.8 Å². The maximum Gasteiger partial charge on any atom is 0.328 e. The van der Waals surface area contributed by atoms with E-state index in [4.69, 9.17) is 4.99 Å². The summed E-state index contributed by atoms with van der Waals surface area (Å²) in [5.41, 5.74) is 0. The number of likely N-dealkylation sites (tertiary alicyclic amines) is 2. The largest absolute Gasteiger partial charge is 0.480 e. The van der Waals surface area contributed by atoms with Gasteiger partial charge in [0.15, 0.2) is 5.78 Å². The van der Waals surface area contributed by atoms with E-state index in [1.807, 2.05) is 23.6 Å². The first-order valence-electron chi connectivity index (χ1n) is 28.5. The molecule has 0 aromatic carbocycles. The molecular formula is C55H87N7O8. The lowest BCUT2D eigenvalue weighted by molar-refractivity contribution is -0.152. The number of rotatable bonds is 13. The van der Waals surface area contributed by atoms with Crippen molar-refractivity contribution in [3.05, 3.63) is 0 Å². The van der Waals surface area contributed by atoms with Gasteiger partial charge in [-0.25, -0.2) is 14.6 Å². The average Bonchev–Trinajstić information content (AvgIpc) is 4.10. The molecule has 4 heterocycles. The van der Waals surface area contributed by atoms with Gasteiger partial charge in [-0.05, 0) is 122 Å². The van der Waals surface area contributed by atoms with Crippen molar-refractivity contribution in [2.45, 2.75) is 287 Å². The smallest absolute Gasteiger partial charge is 0.328 e. The lowest BCUT2D eigenvalue weighted by Gasteiger charge is -2.39. The van der Waals surface area contributed by atoms with Crippen LogP contribution in [0.4, 0.5) is 4.79 Å². The molecule has 0 aromatic heterocycles. The number of carbonyl (C=O) groups is 7. The number of guanidine groups is 1. The van der Waals surface area contributed by atoms with Gasteiger partial charge in [0.2, 0.25) is 17.8 Å². The number of carboxylic acid groups (broad SMARTS) is 1. The van der Waals surface area contributed by atoms with Crippen molar-refractivity contribution in [3.8, 4) is 0 Å². The lowest BCUT2D eigenvalue weighted by atomic mass is 9.84. The molecule has 5 saturated carbocycles. The quantitative estimate of drug-likeness (QED) is 0.177. The third kappa shape index (κ3) is 10.4. The molecule has 0 radical (unpaired) electrons. The number of fused-ring (bicyclic) bond motifs is 2. The Labute approximate surface area is 418 Å². The number of ketones is 1. The minimum absolute atomic E-state index is 0.00379. The summed E-state index contributed by atoms with van der Waals surface area (Å²) in [5.74, 6) is 0.134. The van der Waals surface area contributed by atoms with E-state index in [-0.39, 0.29) is 71.6 Å². The van der Waals surface area contributed by atoms with Crippen LogP contribution in [0.25, 0.3) is 0 Å². The Morgan fingerprint density at radius 3 is 1.47 bits per heavy atom. The fourth-order valence-electron chi connectivity index (χ4n) is 14.9. The molecule has 1 N–H and O–H groups in total. The van der Waals surface area contributed by atoms with Gasteiger partial charge in [0, 0.05) is 24.2 Å². The van der Waals surface area contributed by atoms with Crippen molar-refractivity contribution >= 4 is 47.4 Å². The Hall–Kier alpha value is -4.04. The van der Waals surface area contributed by atoms with Crippen LogP contribution in [-0.4, -0.2) is 148 Å². The van der Waals surface area contributed by atoms with Crippen molar-refractivity contribution < 1.29 is 38.7 Å². The van der Waals surface area contributed by atoms with Crippen molar-refractivity contribution in [2.75, 3.05) is 0 Å². The van der Waals surface area contributed by atoms with Gasteiger partial charge < -0.3 is 24.7 Å². The molecule has 390 valence electrons. The monoisotopic (exact) mass is 974 g/mol. The maximum absolute atomic E-state index is 14.3. The highest BCUT2D eigenvalue weighted by Crippen LogP contribution is 2.43. The number of hydrogen-bond acceptors (Lipinski definition) is 8. The van der Waals surface area contributed by atoms with Crippen molar-refractivity contribution in [1.82, 2.24) is 29.4 Å². The van der Waals surface area contributed by atoms with E-state index in [0.29, 0.717) is 31.1 Å². The number of carbonyl (C=O) groups excluding carboxylic acids is 6. The third-order valence-electron chi connectivity index (χ3n) is 18.5. The number of aliphatic carboxylic acids is 1. The topological polar surface area (TPSA) is 172 Å². The molecule has 4 aliphatic heterocycles. The second-order valence-corrected chi connectivity index (χ2v) is 22.9. The first kappa shape index (κ1) is 52.3. The zero-order valence-electron chi connectivity index (χ0n) is 43.4. The second kappa shape index (κ2) is 23.2. The summed E-state index contributed by atoms with van der Waals surface area (Å²) >= 11 is 0. The molecule has 15 nitrogen and oxygen atoms in total. The normalized spacial score (nSPS) is 32.8. The summed E-state index contributed by atoms with van der Waals surface area (Å²) < 4.78 is 0. The molecule has 0 aromatic rings. The number of urea groups is 1. The van der Waals surface area contributed by atoms with Crippen molar-refractivity contribution in [2.24, 2.45) is 16.8 Å². The molecule has 0 spiro atoms. The minimum Gasteiger partial charge on any atom is -0.480 e. The molecular weight excluding hydrogens is 887 g/mol. The van der Waals surface area contributed by atoms with E-state index in [2.05, 4.69) is 6.92 Å². The molecule has 0 bridgehead atoms. The number of amides is 6. The van der Waals surface area contributed by atoms with Crippen LogP contribution in [0.1, 0.15) is 221 Å². The Kier molecular flexibility index (Phi) is 17.4. The van der Waals surface area contributed by atoms with Crippen LogP contribution in [0.15, 0.2) is 4.99 Å². The molecule has 9 rings (SSSR count). The Morgan fingerprint density at radius 1 is 0.557 bits per heavy atom. The summed E-state index contributed by atoms with van der Waals surface area (Å²) in [6, 6.07) is -3.45. The predicted octanol–water partition coefficient (Wildman–Crippen LogP) is 8.84. The average molecular weight is 974 g/mol. The van der Waals surface area contributed by atoms with Crippen LogP contribution < -0.4 is 0 Å². The highest BCUT2D eigenvalue weighted by Gasteiger charge is 2.56. The first-order chi connectivity index (χ1) is 33.8. The molecule has 9 aliphatic rings. The molecule has 15 heteroatoms. The number of aliphatic imine (C=N–C) groups is 1. The number of Topliss-reactive ketones (excluding diaryl/α,β-unsaturated/α-hetero) is 1. The highest BCUT2D eigenvalue weighted by atomic mass is 16.4. The standard InChI is InChI=1S/C30H48N4O4.C25H39N3O4/c1-3-12-25-28(36)33(23-16-8-5-9-17-23)30(31-22-14-6-4-7-15-22)32(25)20(2)27(35)34-24-18-11-10-13-21(24)19-26(34)29(37)38;1-4-10-21-24(31)27(19-12-6-5-7-13-19)25(32)26(21)16(2)23(30)28-20-14-9-8-11-18(20)15-22(28)17(3)29/h20-26H,3-19H2,1-2H3,(H,37,38);16,18-22H,4-15H2,1-3H3/t20-,21-,24-,25?,26-;16-,18-,20-,21?,22-/m00/s1. The molecule has 10 atom stereocenters. The molecule has 2 unspecified atom stereocenters. The van der Waals surface area contributed by atoms with E-state index in [1.54, 1.807) is 28.5 Å². The number of nitrogens with zero attached hydrogens (tertiary/aromatic N) is 7. The highest BCUT2D eigenvalue weighted by molar-refractivity contribution is 6.09. The van der Waals surface area contributed by atoms with Gasteiger partial charge in [-0.1, -0.05) is 110 Å². The molecule has 6 amide bonds. The zero-order chi connectivity index (χ0) is 49.8. The van der Waals surface area contributed by atoms with Crippen molar-refractivity contribution in [3.63, 3.8) is 0 Å². The minimum atomic E-state index is -0.900.